The van der Waals surface area contributed by atoms with Crippen LogP contribution in [-0.4, -0.2) is 10.9 Å². The third kappa shape index (κ3) is 1.44. The Balaban J connectivity index is 3.12. The highest BCUT2D eigenvalue weighted by Crippen LogP contribution is 2.07. The van der Waals surface area contributed by atoms with Crippen LogP contribution in [0.2, 0.25) is 0 Å². The van der Waals surface area contributed by atoms with Crippen molar-refractivity contribution in [2.24, 2.45) is 11.6 Å². The Morgan fingerprint density at radius 3 is 2.82 bits per heavy atom. The van der Waals surface area contributed by atoms with Gasteiger partial charge >= 0.3 is 0 Å². The molecule has 0 unspecified atom stereocenters. The molecular weight excluding hydrogens is 144 g/mol. The average Bonchev–Trinajstić information content (AvgIpc) is 2.04. The summed E-state index contributed by atoms with van der Waals surface area (Å²) in [5.74, 6) is 4.81. The zero-order chi connectivity index (χ0) is 8.27. The van der Waals surface area contributed by atoms with Gasteiger partial charge in [-0.2, -0.15) is 0 Å². The molecule has 5 heteroatoms. The number of hydrogen-bond donors (Lipinski definition) is 3. The van der Waals surface area contributed by atoms with Crippen molar-refractivity contribution in [3.8, 4) is 0 Å². The number of hydrogen-bond acceptors (Lipinski definition) is 4. The summed E-state index contributed by atoms with van der Waals surface area (Å²) in [6.07, 6.45) is 1.52. The largest absolute Gasteiger partial charge is 0.365 e. The lowest BCUT2D eigenvalue weighted by atomic mass is 10.2. The number of rotatable bonds is 2. The summed E-state index contributed by atoms with van der Waals surface area (Å²) in [5, 5.41) is 0. The van der Waals surface area contributed by atoms with Crippen LogP contribution in [0.1, 0.15) is 10.4 Å². The number of hydrazine groups is 1. The molecule has 5 nitrogen and oxygen atoms in total. The summed E-state index contributed by atoms with van der Waals surface area (Å²) >= 11 is 0. The first-order valence-corrected chi connectivity index (χ1v) is 2.97. The Morgan fingerprint density at radius 1 is 1.64 bits per heavy atom. The van der Waals surface area contributed by atoms with Crippen LogP contribution in [0.4, 0.5) is 5.82 Å². The second-order valence-electron chi connectivity index (χ2n) is 1.91. The van der Waals surface area contributed by atoms with E-state index in [2.05, 4.69) is 10.4 Å². The van der Waals surface area contributed by atoms with Gasteiger partial charge in [-0.25, -0.2) is 10.8 Å². The average molecular weight is 152 g/mol. The molecule has 0 bridgehead atoms. The summed E-state index contributed by atoms with van der Waals surface area (Å²) in [4.78, 5) is 14.4. The van der Waals surface area contributed by atoms with E-state index < -0.39 is 5.91 Å². The second-order valence-corrected chi connectivity index (χ2v) is 1.91. The fourth-order valence-corrected chi connectivity index (χ4v) is 0.719. The number of nitrogens with zero attached hydrogens (tertiary/aromatic N) is 1. The smallest absolute Gasteiger partial charge is 0.252 e. The van der Waals surface area contributed by atoms with Crippen molar-refractivity contribution in [3.63, 3.8) is 0 Å². The van der Waals surface area contributed by atoms with E-state index in [1.165, 1.54) is 6.20 Å². The predicted molar refractivity (Wildman–Crippen MR) is 40.6 cm³/mol. The molecule has 58 valence electrons. The van der Waals surface area contributed by atoms with E-state index in [-0.39, 0.29) is 5.56 Å². The normalized spacial score (nSPS) is 9.18. The maximum atomic E-state index is 10.7. The summed E-state index contributed by atoms with van der Waals surface area (Å²) in [5.41, 5.74) is 7.57. The summed E-state index contributed by atoms with van der Waals surface area (Å²) < 4.78 is 0. The summed E-state index contributed by atoms with van der Waals surface area (Å²) in [6, 6.07) is 3.16. The SMILES string of the molecule is NNc1ncccc1C(N)=O. The molecule has 0 aliphatic rings. The first kappa shape index (κ1) is 7.49. The van der Waals surface area contributed by atoms with Gasteiger partial charge in [0.05, 0.1) is 5.56 Å². The minimum Gasteiger partial charge on any atom is -0.365 e. The third-order valence-electron chi connectivity index (χ3n) is 1.21. The number of nitrogens with two attached hydrogens (primary N) is 2. The van der Waals surface area contributed by atoms with Gasteiger partial charge < -0.3 is 11.2 Å². The van der Waals surface area contributed by atoms with Crippen LogP contribution >= 0.6 is 0 Å². The van der Waals surface area contributed by atoms with E-state index in [0.717, 1.165) is 0 Å². The molecule has 1 amide bonds. The van der Waals surface area contributed by atoms with Crippen molar-refractivity contribution in [1.29, 1.82) is 0 Å². The molecule has 0 spiro atoms. The number of nitrogen functional groups attached to an aromatic ring is 1. The van der Waals surface area contributed by atoms with Gasteiger partial charge in [-0.15, -0.1) is 0 Å². The molecule has 1 aromatic heterocycles. The van der Waals surface area contributed by atoms with E-state index in [1.807, 2.05) is 0 Å². The number of amides is 1. The number of aromatic nitrogens is 1. The van der Waals surface area contributed by atoms with Gasteiger partial charge in [-0.05, 0) is 12.1 Å². The molecule has 5 N–H and O–H groups in total. The zero-order valence-corrected chi connectivity index (χ0v) is 5.74. The maximum absolute atomic E-state index is 10.7. The standard InChI is InChI=1S/C6H8N4O/c7-5(11)4-2-1-3-9-6(4)10-8/h1-3H,8H2,(H2,7,11)(H,9,10). The molecule has 0 saturated carbocycles. The van der Waals surface area contributed by atoms with E-state index in [0.29, 0.717) is 5.82 Å². The van der Waals surface area contributed by atoms with Gasteiger partial charge in [-0.3, -0.25) is 4.79 Å². The molecule has 1 rings (SSSR count). The fourth-order valence-electron chi connectivity index (χ4n) is 0.719. The van der Waals surface area contributed by atoms with Crippen LogP contribution in [0.15, 0.2) is 18.3 Å². The molecular formula is C6H8N4O. The lowest BCUT2D eigenvalue weighted by Crippen LogP contribution is -2.18. The Bertz CT molecular complexity index is 273. The molecule has 0 aromatic carbocycles. The van der Waals surface area contributed by atoms with Crippen molar-refractivity contribution < 1.29 is 4.79 Å². The molecule has 0 aliphatic carbocycles. The van der Waals surface area contributed by atoms with Crippen molar-refractivity contribution in [2.45, 2.75) is 0 Å². The topological polar surface area (TPSA) is 94.0 Å². The van der Waals surface area contributed by atoms with E-state index in [9.17, 15) is 4.79 Å². The van der Waals surface area contributed by atoms with Gasteiger partial charge in [-0.1, -0.05) is 0 Å². The van der Waals surface area contributed by atoms with E-state index in [1.54, 1.807) is 12.1 Å². The Morgan fingerprint density at radius 2 is 2.36 bits per heavy atom. The molecule has 0 atom stereocenters. The molecule has 0 fully saturated rings. The number of primary amides is 1. The predicted octanol–water partition coefficient (Wildman–Crippen LogP) is -0.534. The van der Waals surface area contributed by atoms with Crippen molar-refractivity contribution in [1.82, 2.24) is 4.98 Å². The molecule has 0 saturated heterocycles. The first-order chi connectivity index (χ1) is 5.25. The van der Waals surface area contributed by atoms with Gasteiger partial charge in [0.1, 0.15) is 0 Å². The number of carbonyl (C=O) groups is 1. The second kappa shape index (κ2) is 2.98. The lowest BCUT2D eigenvalue weighted by molar-refractivity contribution is 0.100. The molecule has 1 heterocycles. The fraction of sp³-hybridized carbons (Fsp3) is 0. The number of anilines is 1. The molecule has 0 aliphatic heterocycles. The van der Waals surface area contributed by atoms with Crippen molar-refractivity contribution in [3.05, 3.63) is 23.9 Å². The highest BCUT2D eigenvalue weighted by molar-refractivity contribution is 5.97. The molecule has 11 heavy (non-hydrogen) atoms. The summed E-state index contributed by atoms with van der Waals surface area (Å²) in [7, 11) is 0. The van der Waals surface area contributed by atoms with E-state index in [4.69, 9.17) is 11.6 Å². The van der Waals surface area contributed by atoms with Crippen LogP contribution in [-0.2, 0) is 0 Å². The van der Waals surface area contributed by atoms with Gasteiger partial charge in [0.15, 0.2) is 5.82 Å². The van der Waals surface area contributed by atoms with Gasteiger partial charge in [0.2, 0.25) is 0 Å². The monoisotopic (exact) mass is 152 g/mol. The van der Waals surface area contributed by atoms with Crippen LogP contribution in [0, 0.1) is 0 Å². The Kier molecular flexibility index (Phi) is 2.03. The minimum absolute atomic E-state index is 0.287. The van der Waals surface area contributed by atoms with Crippen molar-refractivity contribution in [2.75, 3.05) is 5.43 Å². The Labute approximate surface area is 63.4 Å². The van der Waals surface area contributed by atoms with Crippen LogP contribution in [0.5, 0.6) is 0 Å². The molecule has 0 radical (unpaired) electrons. The Hall–Kier alpha value is -1.62. The van der Waals surface area contributed by atoms with Gasteiger partial charge in [0.25, 0.3) is 5.91 Å². The van der Waals surface area contributed by atoms with Crippen molar-refractivity contribution >= 4 is 11.7 Å². The lowest BCUT2D eigenvalue weighted by Gasteiger charge is -2.01. The number of pyridine rings is 1. The maximum Gasteiger partial charge on any atom is 0.252 e. The first-order valence-electron chi connectivity index (χ1n) is 2.97. The molecule has 1 aromatic rings. The van der Waals surface area contributed by atoms with Gasteiger partial charge in [0, 0.05) is 6.20 Å². The quantitative estimate of drug-likeness (QED) is 0.392. The highest BCUT2D eigenvalue weighted by Gasteiger charge is 2.05. The zero-order valence-electron chi connectivity index (χ0n) is 5.74. The minimum atomic E-state index is -0.550. The van der Waals surface area contributed by atoms with Crippen LogP contribution < -0.4 is 17.0 Å². The van der Waals surface area contributed by atoms with Crippen LogP contribution in [0.3, 0.4) is 0 Å². The third-order valence-corrected chi connectivity index (χ3v) is 1.21. The number of nitrogens with one attached hydrogen (secondary N) is 1. The van der Waals surface area contributed by atoms with Crippen LogP contribution in [0.25, 0.3) is 0 Å². The highest BCUT2D eigenvalue weighted by atomic mass is 16.1. The number of carbonyl (C=O) groups excluding carboxylic acids is 1. The summed E-state index contributed by atoms with van der Waals surface area (Å²) in [6.45, 7) is 0. The van der Waals surface area contributed by atoms with E-state index >= 15 is 0 Å².